The van der Waals surface area contributed by atoms with Crippen molar-refractivity contribution in [3.8, 4) is 0 Å². The zero-order valence-corrected chi connectivity index (χ0v) is 20.2. The van der Waals surface area contributed by atoms with Crippen LogP contribution in [0.15, 0.2) is 65.8 Å². The molecule has 6 nitrogen and oxygen atoms in total. The van der Waals surface area contributed by atoms with Gasteiger partial charge in [0.2, 0.25) is 10.0 Å². The summed E-state index contributed by atoms with van der Waals surface area (Å²) in [5.74, 6) is 0.596. The first-order chi connectivity index (χ1) is 16.6. The van der Waals surface area contributed by atoms with Gasteiger partial charge in [-0.05, 0) is 92.9 Å². The number of H-pyrrole nitrogens is 2. The highest BCUT2D eigenvalue weighted by Crippen LogP contribution is 2.34. The van der Waals surface area contributed by atoms with E-state index < -0.39 is 10.0 Å². The van der Waals surface area contributed by atoms with E-state index in [0.29, 0.717) is 17.4 Å². The first-order valence-electron chi connectivity index (χ1n) is 12.5. The van der Waals surface area contributed by atoms with E-state index in [9.17, 15) is 8.42 Å². The number of aromatic nitrogens is 2. The predicted octanol–water partition coefficient (Wildman–Crippen LogP) is 5.07. The number of hydrogen-bond donors (Lipinski definition) is 2. The molecule has 2 aliphatic rings. The fourth-order valence-electron chi connectivity index (χ4n) is 5.97. The number of rotatable bonds is 6. The summed E-state index contributed by atoms with van der Waals surface area (Å²) in [5.41, 5.74) is 3.54. The highest BCUT2D eigenvalue weighted by atomic mass is 32.2. The summed E-state index contributed by atoms with van der Waals surface area (Å²) in [4.78, 5) is 9.48. The third-order valence-corrected chi connectivity index (χ3v) is 9.83. The minimum atomic E-state index is -3.48. The molecule has 0 unspecified atom stereocenters. The normalized spacial score (nSPS) is 21.1. The monoisotopic (exact) mass is 476 g/mol. The van der Waals surface area contributed by atoms with Crippen LogP contribution in [0.3, 0.4) is 0 Å². The van der Waals surface area contributed by atoms with Gasteiger partial charge in [-0.1, -0.05) is 24.3 Å². The molecular weight excluding hydrogens is 444 g/mol. The van der Waals surface area contributed by atoms with Crippen LogP contribution in [0.2, 0.25) is 0 Å². The molecule has 2 saturated heterocycles. The van der Waals surface area contributed by atoms with Crippen LogP contribution in [0.1, 0.15) is 43.6 Å². The van der Waals surface area contributed by atoms with Crippen LogP contribution in [0.5, 0.6) is 0 Å². The average molecular weight is 477 g/mol. The van der Waals surface area contributed by atoms with Gasteiger partial charge in [0.15, 0.2) is 0 Å². The second-order valence-electron chi connectivity index (χ2n) is 9.83. The van der Waals surface area contributed by atoms with Gasteiger partial charge in [0.25, 0.3) is 0 Å². The van der Waals surface area contributed by atoms with Gasteiger partial charge in [-0.25, -0.2) is 8.42 Å². The molecule has 0 aliphatic carbocycles. The lowest BCUT2D eigenvalue weighted by atomic mass is 9.89. The summed E-state index contributed by atoms with van der Waals surface area (Å²) in [7, 11) is -3.48. The maximum atomic E-state index is 13.4. The van der Waals surface area contributed by atoms with Crippen molar-refractivity contribution in [2.24, 2.45) is 0 Å². The SMILES string of the molecule is O=S(=O)(c1ccc2cc[nH]c2c1)N1CCC[C@@H]1CCN1CCC(c2c[nH]c3ccccc23)CC1. The van der Waals surface area contributed by atoms with Crippen LogP contribution in [0.25, 0.3) is 21.8 Å². The molecule has 1 atom stereocenters. The van der Waals surface area contributed by atoms with Crippen LogP contribution in [-0.2, 0) is 10.0 Å². The summed E-state index contributed by atoms with van der Waals surface area (Å²) in [6.45, 7) is 3.74. The van der Waals surface area contributed by atoms with E-state index in [-0.39, 0.29) is 6.04 Å². The Morgan fingerprint density at radius 3 is 2.65 bits per heavy atom. The molecule has 0 saturated carbocycles. The summed E-state index contributed by atoms with van der Waals surface area (Å²) in [6.07, 6.45) is 9.16. The van der Waals surface area contributed by atoms with Gasteiger partial charge in [0.05, 0.1) is 4.90 Å². The molecule has 34 heavy (non-hydrogen) atoms. The minimum absolute atomic E-state index is 0.0932. The molecular formula is C27H32N4O2S. The first-order valence-corrected chi connectivity index (χ1v) is 13.9. The van der Waals surface area contributed by atoms with Crippen molar-refractivity contribution in [2.75, 3.05) is 26.2 Å². The lowest BCUT2D eigenvalue weighted by molar-refractivity contribution is 0.196. The number of fused-ring (bicyclic) bond motifs is 2. The topological polar surface area (TPSA) is 72.2 Å². The molecule has 2 fully saturated rings. The van der Waals surface area contributed by atoms with Crippen molar-refractivity contribution in [1.82, 2.24) is 19.2 Å². The van der Waals surface area contributed by atoms with Crippen molar-refractivity contribution in [3.63, 3.8) is 0 Å². The van der Waals surface area contributed by atoms with Crippen LogP contribution < -0.4 is 0 Å². The highest BCUT2D eigenvalue weighted by Gasteiger charge is 2.35. The van der Waals surface area contributed by atoms with E-state index in [1.165, 1.54) is 16.5 Å². The second kappa shape index (κ2) is 8.87. The zero-order chi connectivity index (χ0) is 23.1. The van der Waals surface area contributed by atoms with Crippen LogP contribution >= 0.6 is 0 Å². The Balaban J connectivity index is 1.08. The molecule has 2 aromatic heterocycles. The van der Waals surface area contributed by atoms with Gasteiger partial charge in [-0.2, -0.15) is 4.31 Å². The fourth-order valence-corrected chi connectivity index (χ4v) is 7.72. The number of likely N-dealkylation sites (tertiary alicyclic amines) is 1. The number of nitrogens with one attached hydrogen (secondary N) is 2. The molecule has 0 bridgehead atoms. The molecule has 178 valence electrons. The number of hydrogen-bond acceptors (Lipinski definition) is 3. The van der Waals surface area contributed by atoms with Gasteiger partial charge in [0, 0.05) is 41.4 Å². The fraction of sp³-hybridized carbons (Fsp3) is 0.407. The van der Waals surface area contributed by atoms with Crippen LogP contribution in [0.4, 0.5) is 0 Å². The Morgan fingerprint density at radius 2 is 1.76 bits per heavy atom. The molecule has 4 heterocycles. The van der Waals surface area contributed by atoms with Crippen molar-refractivity contribution in [2.45, 2.75) is 49.0 Å². The summed E-state index contributed by atoms with van der Waals surface area (Å²) in [6, 6.07) is 16.0. The molecule has 2 aromatic carbocycles. The average Bonchev–Trinajstić information content (AvgIpc) is 3.62. The van der Waals surface area contributed by atoms with E-state index in [1.54, 1.807) is 16.4 Å². The third-order valence-electron chi connectivity index (χ3n) is 7.88. The summed E-state index contributed by atoms with van der Waals surface area (Å²) in [5, 5.41) is 2.39. The maximum absolute atomic E-state index is 13.4. The largest absolute Gasteiger partial charge is 0.361 e. The number of piperidine rings is 1. The van der Waals surface area contributed by atoms with E-state index in [0.717, 1.165) is 62.6 Å². The quantitative estimate of drug-likeness (QED) is 0.408. The Hall–Kier alpha value is -2.61. The van der Waals surface area contributed by atoms with Crippen molar-refractivity contribution in [1.29, 1.82) is 0 Å². The lowest BCUT2D eigenvalue weighted by Gasteiger charge is -2.33. The van der Waals surface area contributed by atoms with Gasteiger partial charge < -0.3 is 14.9 Å². The van der Waals surface area contributed by atoms with Gasteiger partial charge in [-0.15, -0.1) is 0 Å². The van der Waals surface area contributed by atoms with Crippen LogP contribution in [-0.4, -0.2) is 59.8 Å². The molecule has 2 N–H and O–H groups in total. The lowest BCUT2D eigenvalue weighted by Crippen LogP contribution is -2.40. The second-order valence-corrected chi connectivity index (χ2v) is 11.7. The molecule has 0 amide bonds. The molecule has 2 aliphatic heterocycles. The van der Waals surface area contributed by atoms with E-state index >= 15 is 0 Å². The summed E-state index contributed by atoms with van der Waals surface area (Å²) >= 11 is 0. The molecule has 4 aromatic rings. The number of sulfonamides is 1. The number of nitrogens with zero attached hydrogens (tertiary/aromatic N) is 2. The third kappa shape index (κ3) is 3.96. The molecule has 6 rings (SSSR count). The molecule has 7 heteroatoms. The smallest absolute Gasteiger partial charge is 0.243 e. The Kier molecular flexibility index (Phi) is 5.71. The predicted molar refractivity (Wildman–Crippen MR) is 137 cm³/mol. The van der Waals surface area contributed by atoms with E-state index in [1.807, 2.05) is 18.3 Å². The standard InChI is InChI=1S/C27H32N4O2S/c32-34(33,23-8-7-21-9-13-28-27(21)18-23)31-14-3-4-22(31)12-17-30-15-10-20(11-16-30)25-19-29-26-6-2-1-5-24(25)26/h1-2,5-9,13,18-20,22,28-29H,3-4,10-12,14-17H2/t22-/m1/s1. The van der Waals surface area contributed by atoms with Crippen LogP contribution in [0, 0.1) is 0 Å². The highest BCUT2D eigenvalue weighted by molar-refractivity contribution is 7.89. The number of aromatic amines is 2. The number of benzene rings is 2. The number of para-hydroxylation sites is 1. The summed E-state index contributed by atoms with van der Waals surface area (Å²) < 4.78 is 28.6. The molecule has 0 radical (unpaired) electrons. The van der Waals surface area contributed by atoms with Crippen molar-refractivity contribution >= 4 is 31.8 Å². The minimum Gasteiger partial charge on any atom is -0.361 e. The van der Waals surface area contributed by atoms with Crippen molar-refractivity contribution < 1.29 is 8.42 Å². The molecule has 0 spiro atoms. The Morgan fingerprint density at radius 1 is 0.912 bits per heavy atom. The maximum Gasteiger partial charge on any atom is 0.243 e. The van der Waals surface area contributed by atoms with Gasteiger partial charge >= 0.3 is 0 Å². The van der Waals surface area contributed by atoms with E-state index in [4.69, 9.17) is 0 Å². The van der Waals surface area contributed by atoms with E-state index in [2.05, 4.69) is 45.3 Å². The van der Waals surface area contributed by atoms with Crippen molar-refractivity contribution in [3.05, 3.63) is 66.5 Å². The first kappa shape index (κ1) is 21.9. The van der Waals surface area contributed by atoms with Gasteiger partial charge in [-0.3, -0.25) is 0 Å². The zero-order valence-electron chi connectivity index (χ0n) is 19.4. The Labute approximate surface area is 201 Å². The Bertz CT molecular complexity index is 1400. The van der Waals surface area contributed by atoms with Gasteiger partial charge in [0.1, 0.15) is 0 Å².